The maximum atomic E-state index is 13.4. The van der Waals surface area contributed by atoms with E-state index in [1.165, 1.54) is 4.90 Å². The van der Waals surface area contributed by atoms with E-state index in [2.05, 4.69) is 16.8 Å². The molecule has 3 fully saturated rings. The number of likely N-dealkylation sites (N-methyl/N-ethyl adjacent to an activating group) is 1. The van der Waals surface area contributed by atoms with Gasteiger partial charge in [-0.1, -0.05) is 30.3 Å². The van der Waals surface area contributed by atoms with Crippen molar-refractivity contribution in [2.75, 3.05) is 66.0 Å². The first-order valence-corrected chi connectivity index (χ1v) is 14.8. The zero-order chi connectivity index (χ0) is 31.7. The van der Waals surface area contributed by atoms with Crippen molar-refractivity contribution in [1.82, 2.24) is 19.6 Å². The van der Waals surface area contributed by atoms with Crippen molar-refractivity contribution in [1.29, 1.82) is 0 Å². The number of halogens is 6. The second-order valence-electron chi connectivity index (χ2n) is 11.9. The molecule has 13 heteroatoms. The molecule has 0 radical (unpaired) electrons. The third-order valence-corrected chi connectivity index (χ3v) is 9.02. The quantitative estimate of drug-likeness (QED) is 0.393. The van der Waals surface area contributed by atoms with Gasteiger partial charge in [0, 0.05) is 76.7 Å². The number of ether oxygens (including phenoxy) is 1. The summed E-state index contributed by atoms with van der Waals surface area (Å²) in [6.45, 7) is 5.76. The molecule has 0 N–H and O–H groups in total. The predicted octanol–water partition coefficient (Wildman–Crippen LogP) is 5.57. The largest absolute Gasteiger partial charge is 0.442 e. The van der Waals surface area contributed by atoms with Crippen LogP contribution in [0.5, 0.6) is 0 Å². The standard InChI is InChI=1S/C31H36F6N4O3/c1-38-14-16-39(17-15-38)10-5-11-41-21-26(22-6-3-2-4-7-22)29(44-28(41)43)8-12-40(13-9-29)27(42)23-18-24(30(32,33)34)20-25(19-23)31(35,36)37/h2-4,6-7,18-20,26H,5,8-17,21H2,1H3/t26-/m1/s1. The van der Waals surface area contributed by atoms with Crippen LogP contribution in [0.2, 0.25) is 0 Å². The third kappa shape index (κ3) is 7.14. The Morgan fingerprint density at radius 3 is 2.02 bits per heavy atom. The number of benzene rings is 2. The number of rotatable bonds is 6. The number of carbonyl (C=O) groups excluding carboxylic acids is 2. The van der Waals surface area contributed by atoms with E-state index < -0.39 is 46.6 Å². The van der Waals surface area contributed by atoms with Gasteiger partial charge in [0.2, 0.25) is 0 Å². The highest BCUT2D eigenvalue weighted by atomic mass is 19.4. The van der Waals surface area contributed by atoms with Crippen LogP contribution in [0.1, 0.15) is 52.2 Å². The molecule has 0 bridgehead atoms. The van der Waals surface area contributed by atoms with Crippen molar-refractivity contribution in [3.05, 3.63) is 70.8 Å². The Balaban J connectivity index is 1.30. The Morgan fingerprint density at radius 1 is 0.864 bits per heavy atom. The molecule has 5 rings (SSSR count). The fourth-order valence-corrected chi connectivity index (χ4v) is 6.40. The highest BCUT2D eigenvalue weighted by Crippen LogP contribution is 2.44. The van der Waals surface area contributed by atoms with Crippen molar-refractivity contribution < 1.29 is 40.7 Å². The Morgan fingerprint density at radius 2 is 1.45 bits per heavy atom. The van der Waals surface area contributed by atoms with Crippen molar-refractivity contribution in [2.45, 2.75) is 43.1 Å². The van der Waals surface area contributed by atoms with E-state index in [4.69, 9.17) is 4.74 Å². The summed E-state index contributed by atoms with van der Waals surface area (Å²) in [5, 5.41) is 0. The highest BCUT2D eigenvalue weighted by Gasteiger charge is 2.51. The molecule has 2 aromatic carbocycles. The number of hydrogen-bond donors (Lipinski definition) is 0. The fraction of sp³-hybridized carbons (Fsp3) is 0.548. The van der Waals surface area contributed by atoms with E-state index in [0.29, 0.717) is 25.2 Å². The molecule has 44 heavy (non-hydrogen) atoms. The molecule has 0 saturated carbocycles. The second kappa shape index (κ2) is 12.6. The summed E-state index contributed by atoms with van der Waals surface area (Å²) in [6, 6.07) is 10.5. The summed E-state index contributed by atoms with van der Waals surface area (Å²) in [6.07, 6.45) is -9.39. The van der Waals surface area contributed by atoms with Crippen LogP contribution in [-0.4, -0.2) is 103 Å². The Kier molecular flexibility index (Phi) is 9.18. The minimum atomic E-state index is -5.06. The van der Waals surface area contributed by atoms with Crippen LogP contribution in [0.25, 0.3) is 0 Å². The smallest absolute Gasteiger partial charge is 0.416 e. The number of alkyl halides is 6. The van der Waals surface area contributed by atoms with Crippen LogP contribution in [0, 0.1) is 0 Å². The number of amides is 2. The summed E-state index contributed by atoms with van der Waals surface area (Å²) in [5.74, 6) is -1.16. The molecule has 7 nitrogen and oxygen atoms in total. The molecule has 240 valence electrons. The highest BCUT2D eigenvalue weighted by molar-refractivity contribution is 5.94. The van der Waals surface area contributed by atoms with Gasteiger partial charge >= 0.3 is 18.4 Å². The zero-order valence-corrected chi connectivity index (χ0v) is 24.5. The number of carbonyl (C=O) groups is 2. The molecular formula is C31H36F6N4O3. The van der Waals surface area contributed by atoms with Gasteiger partial charge in [0.1, 0.15) is 5.60 Å². The van der Waals surface area contributed by atoms with E-state index in [1.54, 1.807) is 4.90 Å². The minimum absolute atomic E-state index is 0.00477. The molecule has 2 aromatic rings. The number of hydrogen-bond acceptors (Lipinski definition) is 5. The van der Waals surface area contributed by atoms with Crippen molar-refractivity contribution in [3.8, 4) is 0 Å². The molecule has 3 aliphatic rings. The fourth-order valence-electron chi connectivity index (χ4n) is 6.40. The maximum absolute atomic E-state index is 13.4. The van der Waals surface area contributed by atoms with Crippen LogP contribution in [0.3, 0.4) is 0 Å². The van der Waals surface area contributed by atoms with Gasteiger partial charge in [0.15, 0.2) is 0 Å². The first kappa shape index (κ1) is 32.1. The van der Waals surface area contributed by atoms with Crippen molar-refractivity contribution in [2.24, 2.45) is 0 Å². The lowest BCUT2D eigenvalue weighted by Crippen LogP contribution is -2.59. The molecule has 0 aromatic heterocycles. The van der Waals surface area contributed by atoms with Gasteiger partial charge < -0.3 is 24.3 Å². The second-order valence-corrected chi connectivity index (χ2v) is 11.9. The van der Waals surface area contributed by atoms with E-state index in [9.17, 15) is 35.9 Å². The van der Waals surface area contributed by atoms with E-state index >= 15 is 0 Å². The Bertz CT molecular complexity index is 1290. The number of piperazine rings is 1. The zero-order valence-electron chi connectivity index (χ0n) is 24.5. The van der Waals surface area contributed by atoms with Gasteiger partial charge in [-0.05, 0) is 43.8 Å². The van der Waals surface area contributed by atoms with Crippen LogP contribution < -0.4 is 0 Å². The molecule has 1 spiro atoms. The monoisotopic (exact) mass is 626 g/mol. The van der Waals surface area contributed by atoms with Crippen LogP contribution in [0.4, 0.5) is 31.1 Å². The van der Waals surface area contributed by atoms with Crippen LogP contribution >= 0.6 is 0 Å². The molecule has 1 atom stereocenters. The van der Waals surface area contributed by atoms with Gasteiger partial charge in [-0.15, -0.1) is 0 Å². The lowest BCUT2D eigenvalue weighted by atomic mass is 9.74. The van der Waals surface area contributed by atoms with Gasteiger partial charge in [-0.25, -0.2) is 4.79 Å². The summed E-state index contributed by atoms with van der Waals surface area (Å²) in [4.78, 5) is 34.1. The average molecular weight is 627 g/mol. The van der Waals surface area contributed by atoms with Gasteiger partial charge in [-0.3, -0.25) is 4.79 Å². The molecule has 0 unspecified atom stereocenters. The van der Waals surface area contributed by atoms with Gasteiger partial charge in [0.25, 0.3) is 5.91 Å². The summed E-state index contributed by atoms with van der Waals surface area (Å²) in [7, 11) is 2.09. The molecule has 0 aliphatic carbocycles. The normalized spacial score (nSPS) is 21.9. The molecule has 3 heterocycles. The van der Waals surface area contributed by atoms with Crippen molar-refractivity contribution >= 4 is 12.0 Å². The molecule has 2 amide bonds. The maximum Gasteiger partial charge on any atom is 0.416 e. The van der Waals surface area contributed by atoms with E-state index in [0.717, 1.165) is 44.7 Å². The molecular weight excluding hydrogens is 590 g/mol. The van der Waals surface area contributed by atoms with E-state index in [1.807, 2.05) is 30.3 Å². The number of nitrogens with zero attached hydrogens (tertiary/aromatic N) is 4. The lowest BCUT2D eigenvalue weighted by Gasteiger charge is -2.50. The SMILES string of the molecule is CN1CCN(CCCN2C[C@H](c3ccccc3)C3(CCN(C(=O)c4cc(C(F)(F)F)cc(C(F)(F)F)c4)CC3)OC2=O)CC1. The van der Waals surface area contributed by atoms with Gasteiger partial charge in [-0.2, -0.15) is 26.3 Å². The average Bonchev–Trinajstić information content (AvgIpc) is 2.98. The lowest BCUT2D eigenvalue weighted by molar-refractivity contribution is -0.143. The first-order valence-electron chi connectivity index (χ1n) is 14.8. The molecule has 3 saturated heterocycles. The van der Waals surface area contributed by atoms with Gasteiger partial charge in [0.05, 0.1) is 11.1 Å². The summed E-state index contributed by atoms with van der Waals surface area (Å²) >= 11 is 0. The minimum Gasteiger partial charge on any atom is -0.442 e. The van der Waals surface area contributed by atoms with E-state index in [-0.39, 0.29) is 37.9 Å². The predicted molar refractivity (Wildman–Crippen MR) is 150 cm³/mol. The van der Waals surface area contributed by atoms with Crippen LogP contribution in [-0.2, 0) is 17.1 Å². The third-order valence-electron chi connectivity index (χ3n) is 9.02. The Labute approximate surface area is 252 Å². The van der Waals surface area contributed by atoms with Crippen molar-refractivity contribution in [3.63, 3.8) is 0 Å². The number of likely N-dealkylation sites (tertiary alicyclic amines) is 1. The Hall–Kier alpha value is -3.32. The van der Waals surface area contributed by atoms with Crippen LogP contribution in [0.15, 0.2) is 48.5 Å². The summed E-state index contributed by atoms with van der Waals surface area (Å²) < 4.78 is 86.5. The first-order chi connectivity index (χ1) is 20.7. The molecule has 3 aliphatic heterocycles. The summed E-state index contributed by atoms with van der Waals surface area (Å²) in [5.41, 5.74) is -3.77. The number of piperidine rings is 1. The topological polar surface area (TPSA) is 56.3 Å².